The first-order valence-electron chi connectivity index (χ1n) is 12.2. The van der Waals surface area contributed by atoms with Crippen molar-refractivity contribution in [3.05, 3.63) is 106 Å². The fourth-order valence-electron chi connectivity index (χ4n) is 4.20. The number of methoxy groups -OCH3 is 2. The molecule has 4 rings (SSSR count). The van der Waals surface area contributed by atoms with Crippen LogP contribution in [0.4, 0.5) is 4.39 Å². The van der Waals surface area contributed by atoms with Crippen molar-refractivity contribution in [2.45, 2.75) is 20.0 Å². The predicted molar refractivity (Wildman–Crippen MR) is 143 cm³/mol. The molecule has 1 heterocycles. The maximum atomic E-state index is 14.0. The number of rotatable bonds is 9. The molecule has 1 aliphatic rings. The molecule has 198 valence electrons. The highest BCUT2D eigenvalue weighted by molar-refractivity contribution is 6.19. The van der Waals surface area contributed by atoms with Crippen LogP contribution in [0.2, 0.25) is 0 Å². The second-order valence-corrected chi connectivity index (χ2v) is 8.82. The summed E-state index contributed by atoms with van der Waals surface area (Å²) in [6.07, 6.45) is 2.04. The van der Waals surface area contributed by atoms with Crippen LogP contribution in [-0.4, -0.2) is 37.5 Å². The van der Waals surface area contributed by atoms with Gasteiger partial charge < -0.3 is 14.2 Å². The molecule has 0 aromatic heterocycles. The van der Waals surface area contributed by atoms with Crippen molar-refractivity contribution in [2.75, 3.05) is 20.8 Å². The Hall–Kier alpha value is -4.90. The molecule has 0 fully saturated rings. The summed E-state index contributed by atoms with van der Waals surface area (Å²) in [6.45, 7) is 1.72. The third kappa shape index (κ3) is 5.99. The summed E-state index contributed by atoms with van der Waals surface area (Å²) in [6, 6.07) is 20.7. The zero-order valence-corrected chi connectivity index (χ0v) is 21.9. The Kier molecular flexibility index (Phi) is 8.42. The molecular weight excluding hydrogens is 499 g/mol. The van der Waals surface area contributed by atoms with Crippen molar-refractivity contribution in [1.29, 1.82) is 5.26 Å². The van der Waals surface area contributed by atoms with Crippen LogP contribution in [0.25, 0.3) is 6.08 Å². The van der Waals surface area contributed by atoms with Crippen LogP contribution >= 0.6 is 0 Å². The van der Waals surface area contributed by atoms with Crippen molar-refractivity contribution < 1.29 is 28.2 Å². The molecule has 0 atom stereocenters. The normalized spacial score (nSPS) is 14.4. The van der Waals surface area contributed by atoms with E-state index in [-0.39, 0.29) is 30.1 Å². The number of ether oxygens (including phenoxy) is 3. The molecular formula is C31H27FN2O5. The number of carbonyl (C=O) groups excluding carboxylic acids is 2. The standard InChI is InChI=1S/C31H27FN2O5/c1-20-25(16-22-10-13-28(29(17-22)38-3)39-19-23-6-4-5-7-27(23)32)30(35)34(31(36)26(20)18-33)15-14-21-8-11-24(37-2)12-9-21/h4-13,16-17H,14-15,19H2,1-3H3/b25-16+. The summed E-state index contributed by atoms with van der Waals surface area (Å²) in [7, 11) is 3.06. The highest BCUT2D eigenvalue weighted by atomic mass is 19.1. The number of amides is 2. The van der Waals surface area contributed by atoms with Gasteiger partial charge in [0.15, 0.2) is 11.5 Å². The summed E-state index contributed by atoms with van der Waals surface area (Å²) < 4.78 is 30.4. The molecule has 0 N–H and O–H groups in total. The van der Waals surface area contributed by atoms with Gasteiger partial charge in [0.25, 0.3) is 11.8 Å². The number of hydrogen-bond donors (Lipinski definition) is 0. The van der Waals surface area contributed by atoms with Crippen molar-refractivity contribution in [3.8, 4) is 23.3 Å². The number of carbonyl (C=O) groups is 2. The lowest BCUT2D eigenvalue weighted by atomic mass is 9.93. The second kappa shape index (κ2) is 12.1. The van der Waals surface area contributed by atoms with Crippen LogP contribution in [0.3, 0.4) is 0 Å². The largest absolute Gasteiger partial charge is 0.497 e. The van der Waals surface area contributed by atoms with E-state index in [1.807, 2.05) is 30.3 Å². The van der Waals surface area contributed by atoms with Crippen LogP contribution in [0.15, 0.2) is 83.4 Å². The first kappa shape index (κ1) is 27.1. The maximum absolute atomic E-state index is 14.0. The molecule has 0 unspecified atom stereocenters. The van der Waals surface area contributed by atoms with Gasteiger partial charge in [0, 0.05) is 17.7 Å². The van der Waals surface area contributed by atoms with Gasteiger partial charge in [0.1, 0.15) is 29.8 Å². The summed E-state index contributed by atoms with van der Waals surface area (Å²) >= 11 is 0. The molecule has 3 aromatic carbocycles. The molecule has 0 radical (unpaired) electrons. The van der Waals surface area contributed by atoms with Crippen molar-refractivity contribution >= 4 is 17.9 Å². The van der Waals surface area contributed by atoms with Gasteiger partial charge in [-0.25, -0.2) is 4.39 Å². The quantitative estimate of drug-likeness (QED) is 0.279. The number of hydrogen-bond acceptors (Lipinski definition) is 6. The molecule has 0 saturated carbocycles. The monoisotopic (exact) mass is 526 g/mol. The van der Waals surface area contributed by atoms with Gasteiger partial charge >= 0.3 is 0 Å². The van der Waals surface area contributed by atoms with Gasteiger partial charge in [-0.3, -0.25) is 14.5 Å². The highest BCUT2D eigenvalue weighted by Gasteiger charge is 2.35. The Morgan fingerprint density at radius 3 is 2.36 bits per heavy atom. The number of benzene rings is 3. The van der Waals surface area contributed by atoms with Gasteiger partial charge in [-0.05, 0) is 66.5 Å². The molecule has 7 nitrogen and oxygen atoms in total. The first-order valence-corrected chi connectivity index (χ1v) is 12.2. The van der Waals surface area contributed by atoms with Crippen LogP contribution in [0.5, 0.6) is 17.2 Å². The number of nitrogens with zero attached hydrogens (tertiary/aromatic N) is 2. The average molecular weight is 527 g/mol. The van der Waals surface area contributed by atoms with E-state index in [2.05, 4.69) is 0 Å². The third-order valence-electron chi connectivity index (χ3n) is 6.45. The zero-order valence-electron chi connectivity index (χ0n) is 21.9. The van der Waals surface area contributed by atoms with Crippen molar-refractivity contribution in [1.82, 2.24) is 4.90 Å². The number of nitriles is 1. The molecule has 0 bridgehead atoms. The van der Waals surface area contributed by atoms with Gasteiger partial charge in [-0.15, -0.1) is 0 Å². The minimum atomic E-state index is -0.611. The van der Waals surface area contributed by atoms with Gasteiger partial charge in [0.2, 0.25) is 0 Å². The summed E-state index contributed by atoms with van der Waals surface area (Å²) in [5.74, 6) is 0.0374. The zero-order chi connectivity index (χ0) is 27.9. The van der Waals surface area contributed by atoms with E-state index in [0.717, 1.165) is 10.5 Å². The topological polar surface area (TPSA) is 88.9 Å². The van der Waals surface area contributed by atoms with Gasteiger partial charge in [0.05, 0.1) is 14.2 Å². The molecule has 3 aromatic rings. The van der Waals surface area contributed by atoms with E-state index in [9.17, 15) is 19.2 Å². The van der Waals surface area contributed by atoms with E-state index in [1.165, 1.54) is 13.2 Å². The number of halogens is 1. The molecule has 1 aliphatic heterocycles. The van der Waals surface area contributed by atoms with Crippen LogP contribution in [0, 0.1) is 17.1 Å². The predicted octanol–water partition coefficient (Wildman–Crippen LogP) is 5.26. The van der Waals surface area contributed by atoms with E-state index < -0.39 is 11.8 Å². The van der Waals surface area contributed by atoms with Crippen LogP contribution in [0.1, 0.15) is 23.6 Å². The third-order valence-corrected chi connectivity index (χ3v) is 6.45. The average Bonchev–Trinajstić information content (AvgIpc) is 2.95. The Bertz CT molecular complexity index is 1500. The lowest BCUT2D eigenvalue weighted by molar-refractivity contribution is -0.140. The SMILES string of the molecule is COc1ccc(CCN2C(=O)C(C#N)=C(C)/C(=C\c3ccc(OCc4ccccc4F)c(OC)c3)C2=O)cc1. The lowest BCUT2D eigenvalue weighted by Gasteiger charge is -2.27. The Balaban J connectivity index is 1.58. The highest BCUT2D eigenvalue weighted by Crippen LogP contribution is 2.32. The molecule has 2 amide bonds. The maximum Gasteiger partial charge on any atom is 0.271 e. The minimum Gasteiger partial charge on any atom is -0.497 e. The smallest absolute Gasteiger partial charge is 0.271 e. The summed E-state index contributed by atoms with van der Waals surface area (Å²) in [4.78, 5) is 27.5. The van der Waals surface area contributed by atoms with E-state index in [4.69, 9.17) is 14.2 Å². The lowest BCUT2D eigenvalue weighted by Crippen LogP contribution is -2.43. The Labute approximate surface area is 226 Å². The van der Waals surface area contributed by atoms with Crippen LogP contribution < -0.4 is 14.2 Å². The Morgan fingerprint density at radius 1 is 0.949 bits per heavy atom. The van der Waals surface area contributed by atoms with Crippen molar-refractivity contribution in [3.63, 3.8) is 0 Å². The Morgan fingerprint density at radius 2 is 1.69 bits per heavy atom. The van der Waals surface area contributed by atoms with E-state index in [0.29, 0.717) is 40.4 Å². The van der Waals surface area contributed by atoms with E-state index >= 15 is 0 Å². The van der Waals surface area contributed by atoms with Crippen LogP contribution in [-0.2, 0) is 22.6 Å². The van der Waals surface area contributed by atoms with E-state index in [1.54, 1.807) is 56.5 Å². The molecule has 0 saturated heterocycles. The molecule has 39 heavy (non-hydrogen) atoms. The summed E-state index contributed by atoms with van der Waals surface area (Å²) in [5, 5.41) is 9.68. The van der Waals surface area contributed by atoms with Gasteiger partial charge in [-0.2, -0.15) is 5.26 Å². The second-order valence-electron chi connectivity index (χ2n) is 8.82. The fraction of sp³-hybridized carbons (Fsp3) is 0.194. The summed E-state index contributed by atoms with van der Waals surface area (Å²) in [5.41, 5.74) is 2.40. The fourth-order valence-corrected chi connectivity index (χ4v) is 4.20. The van der Waals surface area contributed by atoms with Gasteiger partial charge in [-0.1, -0.05) is 36.4 Å². The minimum absolute atomic E-state index is 0.0145. The number of imide groups is 1. The first-order chi connectivity index (χ1) is 18.9. The van der Waals surface area contributed by atoms with Crippen molar-refractivity contribution in [2.24, 2.45) is 0 Å². The molecule has 0 spiro atoms. The molecule has 8 heteroatoms. The molecule has 0 aliphatic carbocycles.